The fraction of sp³-hybridized carbons (Fsp3) is 0.250. The highest BCUT2D eigenvalue weighted by Crippen LogP contribution is 2.34. The maximum atomic E-state index is 13.6. The second-order valence-corrected chi connectivity index (χ2v) is 6.16. The molecule has 21 heavy (non-hydrogen) atoms. The van der Waals surface area contributed by atoms with Crippen LogP contribution in [0.1, 0.15) is 25.5 Å². The summed E-state index contributed by atoms with van der Waals surface area (Å²) in [4.78, 5) is 1.19. The van der Waals surface area contributed by atoms with Crippen LogP contribution in [-0.2, 0) is 0 Å². The average molecular weight is 328 g/mol. The van der Waals surface area contributed by atoms with Crippen LogP contribution in [0.5, 0.6) is 0 Å². The van der Waals surface area contributed by atoms with E-state index < -0.39 is 11.6 Å². The highest BCUT2D eigenvalue weighted by Gasteiger charge is 2.11. The van der Waals surface area contributed by atoms with Crippen LogP contribution >= 0.6 is 23.4 Å². The van der Waals surface area contributed by atoms with Crippen molar-refractivity contribution in [1.82, 2.24) is 5.32 Å². The first-order valence-electron chi connectivity index (χ1n) is 6.67. The zero-order valence-corrected chi connectivity index (χ0v) is 13.4. The van der Waals surface area contributed by atoms with E-state index in [0.717, 1.165) is 23.1 Å². The van der Waals surface area contributed by atoms with Crippen molar-refractivity contribution >= 4 is 23.4 Å². The number of hydrogen-bond donors (Lipinski definition) is 1. The SMILES string of the molecule is CCNC(C)c1ccc(Sc2ccc(F)cc2F)cc1Cl. The molecule has 0 aliphatic rings. The molecule has 0 aromatic heterocycles. The molecular formula is C16H16ClF2NS. The molecule has 0 bridgehead atoms. The van der Waals surface area contributed by atoms with E-state index in [4.69, 9.17) is 11.6 Å². The van der Waals surface area contributed by atoms with E-state index in [-0.39, 0.29) is 6.04 Å². The maximum Gasteiger partial charge on any atom is 0.140 e. The number of halogens is 3. The molecule has 0 fully saturated rings. The highest BCUT2D eigenvalue weighted by molar-refractivity contribution is 7.99. The monoisotopic (exact) mass is 327 g/mol. The first-order valence-corrected chi connectivity index (χ1v) is 7.86. The average Bonchev–Trinajstić information content (AvgIpc) is 2.42. The lowest BCUT2D eigenvalue weighted by atomic mass is 10.1. The van der Waals surface area contributed by atoms with Gasteiger partial charge < -0.3 is 5.32 Å². The molecule has 0 radical (unpaired) electrons. The second-order valence-electron chi connectivity index (χ2n) is 4.64. The summed E-state index contributed by atoms with van der Waals surface area (Å²) in [5, 5.41) is 3.93. The fourth-order valence-electron chi connectivity index (χ4n) is 2.02. The Bertz CT molecular complexity index is 634. The number of nitrogens with one attached hydrogen (secondary N) is 1. The summed E-state index contributed by atoms with van der Waals surface area (Å²) >= 11 is 7.51. The Hall–Kier alpha value is -1.10. The molecule has 112 valence electrons. The van der Waals surface area contributed by atoms with E-state index in [0.29, 0.717) is 9.92 Å². The molecule has 1 atom stereocenters. The molecule has 2 rings (SSSR count). The summed E-state index contributed by atoms with van der Waals surface area (Å²) in [5.74, 6) is -1.15. The molecule has 0 amide bonds. The summed E-state index contributed by atoms with van der Waals surface area (Å²) in [5.41, 5.74) is 1.00. The van der Waals surface area contributed by atoms with Gasteiger partial charge in [-0.05, 0) is 43.3 Å². The standard InChI is InChI=1S/C16H16ClF2NS/c1-3-20-10(2)13-6-5-12(9-14(13)17)21-16-7-4-11(18)8-15(16)19/h4-10,20H,3H2,1-2H3. The maximum absolute atomic E-state index is 13.6. The van der Waals surface area contributed by atoms with E-state index in [2.05, 4.69) is 5.32 Å². The van der Waals surface area contributed by atoms with Crippen molar-refractivity contribution in [2.24, 2.45) is 0 Å². The van der Waals surface area contributed by atoms with Gasteiger partial charge in [-0.2, -0.15) is 0 Å². The molecule has 2 aromatic rings. The summed E-state index contributed by atoms with van der Waals surface area (Å²) in [7, 11) is 0. The third-order valence-electron chi connectivity index (χ3n) is 3.07. The van der Waals surface area contributed by atoms with Crippen LogP contribution in [0, 0.1) is 11.6 Å². The Morgan fingerprint density at radius 1 is 1.19 bits per heavy atom. The van der Waals surface area contributed by atoms with Crippen molar-refractivity contribution in [2.45, 2.75) is 29.7 Å². The van der Waals surface area contributed by atoms with Gasteiger partial charge in [0, 0.05) is 26.9 Å². The van der Waals surface area contributed by atoms with Gasteiger partial charge in [0.15, 0.2) is 0 Å². The van der Waals surface area contributed by atoms with E-state index in [1.807, 2.05) is 26.0 Å². The summed E-state index contributed by atoms with van der Waals surface area (Å²) in [6.45, 7) is 4.93. The van der Waals surface area contributed by atoms with Gasteiger partial charge in [0.25, 0.3) is 0 Å². The first kappa shape index (κ1) is 16.3. The Balaban J connectivity index is 2.20. The summed E-state index contributed by atoms with van der Waals surface area (Å²) < 4.78 is 26.5. The molecule has 0 saturated heterocycles. The van der Waals surface area contributed by atoms with Gasteiger partial charge in [-0.1, -0.05) is 36.4 Å². The lowest BCUT2D eigenvalue weighted by molar-refractivity contribution is 0.565. The van der Waals surface area contributed by atoms with Crippen LogP contribution in [0.15, 0.2) is 46.2 Å². The number of hydrogen-bond acceptors (Lipinski definition) is 2. The zero-order valence-electron chi connectivity index (χ0n) is 11.8. The number of rotatable bonds is 5. The molecule has 0 saturated carbocycles. The van der Waals surface area contributed by atoms with Crippen molar-refractivity contribution in [2.75, 3.05) is 6.54 Å². The summed E-state index contributed by atoms with van der Waals surface area (Å²) in [6, 6.07) is 9.34. The van der Waals surface area contributed by atoms with Crippen LogP contribution in [0.2, 0.25) is 5.02 Å². The van der Waals surface area contributed by atoms with Crippen LogP contribution in [0.3, 0.4) is 0 Å². The summed E-state index contributed by atoms with van der Waals surface area (Å²) in [6.07, 6.45) is 0. The molecule has 0 heterocycles. The molecule has 1 nitrogen and oxygen atoms in total. The van der Waals surface area contributed by atoms with E-state index in [9.17, 15) is 8.78 Å². The third kappa shape index (κ3) is 4.19. The minimum absolute atomic E-state index is 0.157. The van der Waals surface area contributed by atoms with Gasteiger partial charge in [-0.3, -0.25) is 0 Å². The number of benzene rings is 2. The van der Waals surface area contributed by atoms with Crippen LogP contribution in [0.4, 0.5) is 8.78 Å². The van der Waals surface area contributed by atoms with Gasteiger partial charge >= 0.3 is 0 Å². The van der Waals surface area contributed by atoms with Crippen molar-refractivity contribution < 1.29 is 8.78 Å². The van der Waals surface area contributed by atoms with E-state index in [1.165, 1.54) is 23.9 Å². The third-order valence-corrected chi connectivity index (χ3v) is 4.44. The molecule has 5 heteroatoms. The molecular weight excluding hydrogens is 312 g/mol. The Morgan fingerprint density at radius 3 is 2.57 bits per heavy atom. The van der Waals surface area contributed by atoms with Gasteiger partial charge in [-0.15, -0.1) is 0 Å². The Morgan fingerprint density at radius 2 is 1.95 bits per heavy atom. The fourth-order valence-corrected chi connectivity index (χ4v) is 3.29. The van der Waals surface area contributed by atoms with Gasteiger partial charge in [0.05, 0.1) is 0 Å². The predicted molar refractivity (Wildman–Crippen MR) is 84.0 cm³/mol. The lowest BCUT2D eigenvalue weighted by Crippen LogP contribution is -2.17. The molecule has 0 aliphatic heterocycles. The van der Waals surface area contributed by atoms with Crippen molar-refractivity contribution in [3.63, 3.8) is 0 Å². The minimum atomic E-state index is -0.579. The van der Waals surface area contributed by atoms with Crippen LogP contribution in [-0.4, -0.2) is 6.54 Å². The minimum Gasteiger partial charge on any atom is -0.310 e. The Kier molecular flexibility index (Phi) is 5.62. The predicted octanol–water partition coefficient (Wildman–Crippen LogP) is 5.44. The topological polar surface area (TPSA) is 12.0 Å². The molecule has 0 aliphatic carbocycles. The first-order chi connectivity index (χ1) is 10.0. The van der Waals surface area contributed by atoms with Gasteiger partial charge in [-0.25, -0.2) is 8.78 Å². The Labute approximate surface area is 132 Å². The lowest BCUT2D eigenvalue weighted by Gasteiger charge is -2.15. The molecule has 1 unspecified atom stereocenters. The van der Waals surface area contributed by atoms with Crippen molar-refractivity contribution in [3.8, 4) is 0 Å². The normalized spacial score (nSPS) is 12.4. The molecule has 0 spiro atoms. The highest BCUT2D eigenvalue weighted by atomic mass is 35.5. The molecule has 1 N–H and O–H groups in total. The molecule has 2 aromatic carbocycles. The van der Waals surface area contributed by atoms with Gasteiger partial charge in [0.1, 0.15) is 11.6 Å². The van der Waals surface area contributed by atoms with Crippen molar-refractivity contribution in [3.05, 3.63) is 58.6 Å². The van der Waals surface area contributed by atoms with Crippen molar-refractivity contribution in [1.29, 1.82) is 0 Å². The van der Waals surface area contributed by atoms with Crippen LogP contribution < -0.4 is 5.32 Å². The smallest absolute Gasteiger partial charge is 0.140 e. The van der Waals surface area contributed by atoms with E-state index >= 15 is 0 Å². The largest absolute Gasteiger partial charge is 0.310 e. The van der Waals surface area contributed by atoms with E-state index in [1.54, 1.807) is 6.07 Å². The second kappa shape index (κ2) is 7.25. The zero-order chi connectivity index (χ0) is 15.4. The van der Waals surface area contributed by atoms with Gasteiger partial charge in [0.2, 0.25) is 0 Å². The quantitative estimate of drug-likeness (QED) is 0.784. The van der Waals surface area contributed by atoms with Crippen LogP contribution in [0.25, 0.3) is 0 Å².